The molecular weight excluding hydrogens is 749 g/mol. The Morgan fingerprint density at radius 3 is 2.20 bits per heavy atom. The number of nitrogens with one attached hydrogen (secondary N) is 1. The van der Waals surface area contributed by atoms with Crippen LogP contribution in [0.2, 0.25) is 0 Å². The molecule has 0 radical (unpaired) electrons. The fourth-order valence-corrected chi connectivity index (χ4v) is 7.80. The molecule has 0 spiro atoms. The number of ketones is 3. The molecule has 3 aromatic carbocycles. The quantitative estimate of drug-likeness (QED) is 0.138. The predicted octanol–water partition coefficient (Wildman–Crippen LogP) is 4.64. The largest absolute Gasteiger partial charge is 0.492 e. The molecule has 1 aliphatic carbocycles. The van der Waals surface area contributed by atoms with Crippen LogP contribution in [-0.4, -0.2) is 80.0 Å². The number of ether oxygens (including phenoxy) is 2. The molecule has 1 fully saturated rings. The van der Waals surface area contributed by atoms with E-state index in [1.54, 1.807) is 37.3 Å². The first kappa shape index (κ1) is 44.7. The average molecular weight is 807 g/mol. The maximum atomic E-state index is 14.6. The van der Waals surface area contributed by atoms with E-state index in [-0.39, 0.29) is 88.4 Å². The highest BCUT2D eigenvalue weighted by Gasteiger charge is 2.40. The van der Waals surface area contributed by atoms with E-state index >= 15 is 0 Å². The van der Waals surface area contributed by atoms with Crippen molar-refractivity contribution < 1.29 is 33.4 Å². The standard InChI is InChI=1S/C46H58N6O7/c1-28-22-33(46(3)14-15-46)9-10-34(28)39(54)27-32(13-17-48)45(57)52(4)43-31-8-12-42(59-21-19-50)36(26-31)35-24-30(7-11-41(35)58-20-18-49)25-37(38(53)6-5-16-47)51-44(56)29(2)23-40(43)55/h7-12,22,24,26,29,32,37,43H,5-6,13-15,17-21,23,25,27,48-50H2,1-4H3,(H,51,56)/t29-,32-,37+,43+/m1/s1. The Hall–Kier alpha value is -5.42. The van der Waals surface area contributed by atoms with Gasteiger partial charge in [0.2, 0.25) is 11.8 Å². The minimum Gasteiger partial charge on any atom is -0.492 e. The van der Waals surface area contributed by atoms with Crippen molar-refractivity contribution in [2.45, 2.75) is 89.6 Å². The summed E-state index contributed by atoms with van der Waals surface area (Å²) < 4.78 is 12.2. The molecule has 2 aliphatic rings. The summed E-state index contributed by atoms with van der Waals surface area (Å²) in [4.78, 5) is 71.6. The second kappa shape index (κ2) is 20.0. The molecule has 1 aliphatic heterocycles. The molecule has 5 rings (SSSR count). The number of amides is 2. The monoisotopic (exact) mass is 806 g/mol. The molecule has 4 atom stereocenters. The van der Waals surface area contributed by atoms with Crippen LogP contribution < -0.4 is 32.0 Å². The smallest absolute Gasteiger partial charge is 0.226 e. The number of nitrogens with zero attached hydrogens (tertiary/aromatic N) is 2. The lowest BCUT2D eigenvalue weighted by atomic mass is 9.87. The maximum absolute atomic E-state index is 14.6. The van der Waals surface area contributed by atoms with Gasteiger partial charge in [-0.3, -0.25) is 24.0 Å². The van der Waals surface area contributed by atoms with Gasteiger partial charge in [0.25, 0.3) is 0 Å². The number of rotatable bonds is 17. The number of nitrogens with two attached hydrogens (primary N) is 3. The highest BCUT2D eigenvalue weighted by atomic mass is 16.5. The Labute approximate surface area is 347 Å². The van der Waals surface area contributed by atoms with Gasteiger partial charge in [-0.05, 0) is 91.1 Å². The van der Waals surface area contributed by atoms with Crippen LogP contribution in [0.15, 0.2) is 54.6 Å². The van der Waals surface area contributed by atoms with Crippen LogP contribution >= 0.6 is 0 Å². The van der Waals surface area contributed by atoms with Gasteiger partial charge in [0, 0.05) is 74.3 Å². The fourth-order valence-electron chi connectivity index (χ4n) is 7.80. The Bertz CT molecular complexity index is 2090. The van der Waals surface area contributed by atoms with Gasteiger partial charge in [-0.1, -0.05) is 44.2 Å². The molecule has 0 unspecified atom stereocenters. The lowest BCUT2D eigenvalue weighted by Crippen LogP contribution is -2.46. The van der Waals surface area contributed by atoms with Crippen LogP contribution in [0.4, 0.5) is 0 Å². The third kappa shape index (κ3) is 10.8. The fraction of sp³-hybridized carbons (Fsp3) is 0.478. The number of hydrogen-bond donors (Lipinski definition) is 4. The lowest BCUT2D eigenvalue weighted by Gasteiger charge is -2.32. The number of aryl methyl sites for hydroxylation is 1. The molecule has 0 aromatic heterocycles. The molecule has 3 aromatic rings. The topological polar surface area (TPSA) is 221 Å². The van der Waals surface area contributed by atoms with E-state index in [1.807, 2.05) is 31.2 Å². The zero-order valence-corrected chi connectivity index (χ0v) is 34.7. The predicted molar refractivity (Wildman–Crippen MR) is 225 cm³/mol. The molecule has 13 heteroatoms. The zero-order valence-electron chi connectivity index (χ0n) is 34.7. The van der Waals surface area contributed by atoms with Gasteiger partial charge in [0.1, 0.15) is 30.8 Å². The number of nitriles is 1. The molecule has 59 heavy (non-hydrogen) atoms. The van der Waals surface area contributed by atoms with Crippen molar-refractivity contribution >= 4 is 29.2 Å². The summed E-state index contributed by atoms with van der Waals surface area (Å²) in [5.74, 6) is -2.73. The van der Waals surface area contributed by atoms with Crippen LogP contribution in [0.3, 0.4) is 0 Å². The highest BCUT2D eigenvalue weighted by molar-refractivity contribution is 6.01. The van der Waals surface area contributed by atoms with Gasteiger partial charge in [-0.2, -0.15) is 5.26 Å². The number of likely N-dealkylation sites (N-methyl/N-ethyl adjacent to an activating group) is 1. The minimum absolute atomic E-state index is 0.0187. The van der Waals surface area contributed by atoms with Crippen molar-refractivity contribution in [1.29, 1.82) is 5.26 Å². The van der Waals surface area contributed by atoms with Gasteiger partial charge >= 0.3 is 0 Å². The van der Waals surface area contributed by atoms with Crippen LogP contribution in [0.1, 0.15) is 97.4 Å². The number of hydrogen-bond acceptors (Lipinski definition) is 11. The first-order valence-corrected chi connectivity index (χ1v) is 20.5. The normalized spacial score (nSPS) is 19.1. The van der Waals surface area contributed by atoms with Crippen molar-refractivity contribution in [3.63, 3.8) is 0 Å². The van der Waals surface area contributed by atoms with Gasteiger partial charge in [-0.25, -0.2) is 0 Å². The van der Waals surface area contributed by atoms with E-state index in [9.17, 15) is 29.2 Å². The maximum Gasteiger partial charge on any atom is 0.226 e. The minimum atomic E-state index is -1.19. The Kier molecular flexibility index (Phi) is 15.2. The molecule has 7 N–H and O–H groups in total. The summed E-state index contributed by atoms with van der Waals surface area (Å²) in [6.07, 6.45) is 2.07. The molecule has 1 heterocycles. The first-order chi connectivity index (χ1) is 28.2. The third-order valence-electron chi connectivity index (χ3n) is 11.5. The van der Waals surface area contributed by atoms with Crippen LogP contribution in [-0.2, 0) is 31.0 Å². The summed E-state index contributed by atoms with van der Waals surface area (Å²) in [7, 11) is 1.53. The molecule has 314 valence electrons. The van der Waals surface area contributed by atoms with Crippen LogP contribution in [0.5, 0.6) is 11.5 Å². The van der Waals surface area contributed by atoms with Gasteiger partial charge in [-0.15, -0.1) is 0 Å². The first-order valence-electron chi connectivity index (χ1n) is 20.5. The Morgan fingerprint density at radius 2 is 1.59 bits per heavy atom. The van der Waals surface area contributed by atoms with Crippen molar-refractivity contribution in [3.8, 4) is 28.7 Å². The average Bonchev–Trinajstić information content (AvgIpc) is 3.98. The van der Waals surface area contributed by atoms with Crippen LogP contribution in [0.25, 0.3) is 11.1 Å². The summed E-state index contributed by atoms with van der Waals surface area (Å²) in [5.41, 5.74) is 22.7. The molecule has 0 saturated heterocycles. The van der Waals surface area contributed by atoms with Crippen molar-refractivity contribution in [2.24, 2.45) is 29.0 Å². The van der Waals surface area contributed by atoms with Crippen LogP contribution in [0, 0.1) is 30.1 Å². The Morgan fingerprint density at radius 1 is 0.932 bits per heavy atom. The number of carbonyl (C=O) groups excluding carboxylic acids is 5. The van der Waals surface area contributed by atoms with Gasteiger partial charge in [0.05, 0.1) is 12.1 Å². The molecule has 1 saturated carbocycles. The highest BCUT2D eigenvalue weighted by Crippen LogP contribution is 2.48. The molecule has 13 nitrogen and oxygen atoms in total. The third-order valence-corrected chi connectivity index (χ3v) is 11.5. The lowest BCUT2D eigenvalue weighted by molar-refractivity contribution is -0.142. The van der Waals surface area contributed by atoms with E-state index in [0.717, 1.165) is 18.4 Å². The van der Waals surface area contributed by atoms with Crippen molar-refractivity contribution in [3.05, 3.63) is 82.4 Å². The Balaban J connectivity index is 1.59. The van der Waals surface area contributed by atoms with E-state index in [4.69, 9.17) is 26.7 Å². The summed E-state index contributed by atoms with van der Waals surface area (Å²) >= 11 is 0. The van der Waals surface area contributed by atoms with Crippen molar-refractivity contribution in [2.75, 3.05) is 39.9 Å². The summed E-state index contributed by atoms with van der Waals surface area (Å²) in [6, 6.07) is 16.3. The molecule has 2 amide bonds. The summed E-state index contributed by atoms with van der Waals surface area (Å²) in [6.45, 7) is 6.68. The van der Waals surface area contributed by atoms with Gasteiger partial charge < -0.3 is 36.9 Å². The second-order valence-corrected chi connectivity index (χ2v) is 16.2. The van der Waals surface area contributed by atoms with E-state index in [0.29, 0.717) is 39.3 Å². The number of fused-ring (bicyclic) bond motifs is 5. The number of Topliss-reactive ketones (excluding diaryl/α,β-unsaturated/α-hetero) is 3. The molecule has 4 bridgehead atoms. The van der Waals surface area contributed by atoms with Gasteiger partial charge in [0.15, 0.2) is 17.3 Å². The molecular formula is C46H58N6O7. The van der Waals surface area contributed by atoms with E-state index in [2.05, 4.69) is 18.3 Å². The number of carbonyl (C=O) groups is 5. The zero-order chi connectivity index (χ0) is 42.9. The summed E-state index contributed by atoms with van der Waals surface area (Å²) in [5, 5.41) is 12.1. The second-order valence-electron chi connectivity index (χ2n) is 16.2. The SMILES string of the molecule is Cc1cc(C2(C)CC2)ccc1C(=O)C[C@@H](CCN)C(=O)N(C)[C@@H]1C(=O)C[C@@H](C)C(=O)N[C@H](C(=O)CCC#N)Cc2ccc(OCCN)c(c2)-c2cc1ccc2OCCN. The number of benzene rings is 3. The van der Waals surface area contributed by atoms with Crippen molar-refractivity contribution in [1.82, 2.24) is 10.2 Å². The van der Waals surface area contributed by atoms with E-state index in [1.165, 1.54) is 17.5 Å². The van der Waals surface area contributed by atoms with E-state index < -0.39 is 41.5 Å².